The van der Waals surface area contributed by atoms with Gasteiger partial charge in [-0.05, 0) is 42.3 Å². The van der Waals surface area contributed by atoms with Crippen LogP contribution in [0.15, 0.2) is 36.4 Å². The molecule has 2 aromatic rings. The van der Waals surface area contributed by atoms with E-state index in [1.54, 1.807) is 25.3 Å². The zero-order valence-corrected chi connectivity index (χ0v) is 12.6. The molecule has 2 N–H and O–H groups in total. The smallest absolute Gasteiger partial charge is 0.127 e. The van der Waals surface area contributed by atoms with Crippen LogP contribution in [0, 0.1) is 0 Å². The highest BCUT2D eigenvalue weighted by Gasteiger charge is 2.10. The van der Waals surface area contributed by atoms with Crippen molar-refractivity contribution in [2.24, 2.45) is 0 Å². The topological polar surface area (TPSA) is 50.7 Å². The summed E-state index contributed by atoms with van der Waals surface area (Å²) in [5.41, 5.74) is 2.93. The van der Waals surface area contributed by atoms with Crippen LogP contribution < -0.4 is 14.8 Å². The lowest BCUT2D eigenvalue weighted by Crippen LogP contribution is -2.04. The van der Waals surface area contributed by atoms with Crippen LogP contribution in [0.5, 0.6) is 17.2 Å². The van der Waals surface area contributed by atoms with Gasteiger partial charge in [0.1, 0.15) is 23.9 Å². The van der Waals surface area contributed by atoms with Crippen molar-refractivity contribution in [3.63, 3.8) is 0 Å². The summed E-state index contributed by atoms with van der Waals surface area (Å²) in [4.78, 5) is 0. The van der Waals surface area contributed by atoms with Crippen LogP contribution in [0.1, 0.15) is 18.1 Å². The number of nitrogens with one attached hydrogen (secondary N) is 1. The fourth-order valence-corrected chi connectivity index (χ4v) is 2.27. The molecule has 0 unspecified atom stereocenters. The van der Waals surface area contributed by atoms with E-state index in [4.69, 9.17) is 9.47 Å². The Morgan fingerprint density at radius 3 is 2.62 bits per heavy atom. The summed E-state index contributed by atoms with van der Waals surface area (Å²) in [5, 5.41) is 12.7. The van der Waals surface area contributed by atoms with Crippen LogP contribution in [-0.4, -0.2) is 19.3 Å². The first-order chi connectivity index (χ1) is 10.2. The second-order valence-corrected chi connectivity index (χ2v) is 4.67. The maximum Gasteiger partial charge on any atom is 0.127 e. The zero-order valence-electron chi connectivity index (χ0n) is 12.6. The monoisotopic (exact) mass is 287 g/mol. The molecule has 2 rings (SSSR count). The molecule has 0 amide bonds. The number of anilines is 1. The molecular formula is C17H21NO3. The van der Waals surface area contributed by atoms with Gasteiger partial charge in [-0.3, -0.25) is 0 Å². The summed E-state index contributed by atoms with van der Waals surface area (Å²) in [6.45, 7) is 2.43. The van der Waals surface area contributed by atoms with E-state index in [2.05, 4.69) is 5.32 Å². The maximum absolute atomic E-state index is 9.53. The molecule has 4 heteroatoms. The molecule has 112 valence electrons. The number of ether oxygens (including phenoxy) is 2. The molecular weight excluding hydrogens is 266 g/mol. The number of benzene rings is 2. The van der Waals surface area contributed by atoms with E-state index in [9.17, 15) is 5.11 Å². The van der Waals surface area contributed by atoms with Crippen molar-refractivity contribution in [2.45, 2.75) is 20.0 Å². The van der Waals surface area contributed by atoms with E-state index in [0.717, 1.165) is 34.7 Å². The van der Waals surface area contributed by atoms with Gasteiger partial charge in [0.2, 0.25) is 0 Å². The van der Waals surface area contributed by atoms with Gasteiger partial charge < -0.3 is 19.9 Å². The normalized spacial score (nSPS) is 10.2. The van der Waals surface area contributed by atoms with Gasteiger partial charge in [0.15, 0.2) is 0 Å². The molecule has 0 saturated heterocycles. The molecule has 2 aromatic carbocycles. The summed E-state index contributed by atoms with van der Waals surface area (Å²) in [7, 11) is 3.52. The minimum Gasteiger partial charge on any atom is -0.508 e. The fourth-order valence-electron chi connectivity index (χ4n) is 2.27. The Kier molecular flexibility index (Phi) is 4.93. The highest BCUT2D eigenvalue weighted by molar-refractivity contribution is 5.57. The fraction of sp³-hybridized carbons (Fsp3) is 0.294. The molecule has 21 heavy (non-hydrogen) atoms. The van der Waals surface area contributed by atoms with Crippen LogP contribution >= 0.6 is 0 Å². The number of rotatable bonds is 6. The van der Waals surface area contributed by atoms with E-state index in [-0.39, 0.29) is 5.75 Å². The number of hydrogen-bond acceptors (Lipinski definition) is 4. The lowest BCUT2D eigenvalue weighted by Gasteiger charge is -2.16. The van der Waals surface area contributed by atoms with Crippen molar-refractivity contribution >= 4 is 5.69 Å². The molecule has 0 aromatic heterocycles. The van der Waals surface area contributed by atoms with Crippen molar-refractivity contribution in [2.75, 3.05) is 19.5 Å². The van der Waals surface area contributed by atoms with Gasteiger partial charge in [0, 0.05) is 12.7 Å². The first-order valence-corrected chi connectivity index (χ1v) is 6.98. The molecule has 0 fully saturated rings. The third-order valence-corrected chi connectivity index (χ3v) is 3.42. The van der Waals surface area contributed by atoms with Crippen LogP contribution in [0.2, 0.25) is 0 Å². The van der Waals surface area contributed by atoms with Gasteiger partial charge in [-0.25, -0.2) is 0 Å². The minimum absolute atomic E-state index is 0.257. The van der Waals surface area contributed by atoms with Crippen molar-refractivity contribution in [3.8, 4) is 17.2 Å². The third-order valence-electron chi connectivity index (χ3n) is 3.42. The van der Waals surface area contributed by atoms with Crippen LogP contribution in [0.3, 0.4) is 0 Å². The van der Waals surface area contributed by atoms with Gasteiger partial charge in [0.05, 0.1) is 12.7 Å². The summed E-state index contributed by atoms with van der Waals surface area (Å²) in [5.74, 6) is 1.83. The zero-order chi connectivity index (χ0) is 15.2. The van der Waals surface area contributed by atoms with E-state index in [1.165, 1.54) is 0 Å². The largest absolute Gasteiger partial charge is 0.508 e. The van der Waals surface area contributed by atoms with E-state index < -0.39 is 0 Å². The maximum atomic E-state index is 9.53. The van der Waals surface area contributed by atoms with Crippen molar-refractivity contribution < 1.29 is 14.6 Å². The summed E-state index contributed by atoms with van der Waals surface area (Å²) in [6.07, 6.45) is 0.800. The number of methoxy groups -OCH3 is 1. The van der Waals surface area contributed by atoms with Gasteiger partial charge in [-0.2, -0.15) is 0 Å². The number of aryl methyl sites for hydroxylation is 1. The van der Waals surface area contributed by atoms with E-state index in [0.29, 0.717) is 6.61 Å². The third kappa shape index (κ3) is 3.40. The average Bonchev–Trinajstić information content (AvgIpc) is 2.53. The quantitative estimate of drug-likeness (QED) is 0.852. The number of phenols is 1. The first-order valence-electron chi connectivity index (χ1n) is 6.98. The molecule has 0 aliphatic heterocycles. The SMILES string of the molecule is CCc1cc(O)ccc1OCc1c(NC)cccc1OC. The first kappa shape index (κ1) is 15.0. The summed E-state index contributed by atoms with van der Waals surface area (Å²) < 4.78 is 11.3. The predicted molar refractivity (Wildman–Crippen MR) is 84.4 cm³/mol. The number of phenolic OH excluding ortho intramolecular Hbond substituents is 1. The Labute approximate surface area is 125 Å². The van der Waals surface area contributed by atoms with E-state index >= 15 is 0 Å². The molecule has 0 heterocycles. The Hall–Kier alpha value is -2.36. The highest BCUT2D eigenvalue weighted by atomic mass is 16.5. The van der Waals surface area contributed by atoms with E-state index in [1.807, 2.05) is 32.2 Å². The Bertz CT molecular complexity index is 589. The van der Waals surface area contributed by atoms with Crippen LogP contribution in [0.4, 0.5) is 5.69 Å². The molecule has 0 spiro atoms. The Balaban J connectivity index is 2.24. The van der Waals surface area contributed by atoms with Gasteiger partial charge >= 0.3 is 0 Å². The van der Waals surface area contributed by atoms with Crippen molar-refractivity contribution in [3.05, 3.63) is 47.5 Å². The highest BCUT2D eigenvalue weighted by Crippen LogP contribution is 2.30. The molecule has 0 atom stereocenters. The lowest BCUT2D eigenvalue weighted by atomic mass is 10.1. The van der Waals surface area contributed by atoms with Crippen LogP contribution in [0.25, 0.3) is 0 Å². The van der Waals surface area contributed by atoms with Crippen LogP contribution in [-0.2, 0) is 13.0 Å². The molecule has 0 bridgehead atoms. The Morgan fingerprint density at radius 2 is 1.95 bits per heavy atom. The molecule has 0 aliphatic carbocycles. The number of aromatic hydroxyl groups is 1. The molecule has 0 radical (unpaired) electrons. The lowest BCUT2D eigenvalue weighted by molar-refractivity contribution is 0.294. The molecule has 0 aliphatic rings. The predicted octanol–water partition coefficient (Wildman–Crippen LogP) is 3.58. The Morgan fingerprint density at radius 1 is 1.14 bits per heavy atom. The standard InChI is InChI=1S/C17H21NO3/c1-4-12-10-13(19)8-9-16(12)21-11-14-15(18-2)6-5-7-17(14)20-3/h5-10,18-19H,4,11H2,1-3H3. The number of hydrogen-bond donors (Lipinski definition) is 2. The van der Waals surface area contributed by atoms with Gasteiger partial charge in [-0.15, -0.1) is 0 Å². The summed E-state index contributed by atoms with van der Waals surface area (Å²) >= 11 is 0. The van der Waals surface area contributed by atoms with Gasteiger partial charge in [-0.1, -0.05) is 13.0 Å². The average molecular weight is 287 g/mol. The molecule has 4 nitrogen and oxygen atoms in total. The summed E-state index contributed by atoms with van der Waals surface area (Å²) in [6, 6.07) is 11.0. The minimum atomic E-state index is 0.257. The van der Waals surface area contributed by atoms with Crippen molar-refractivity contribution in [1.82, 2.24) is 0 Å². The van der Waals surface area contributed by atoms with Gasteiger partial charge in [0.25, 0.3) is 0 Å². The second-order valence-electron chi connectivity index (χ2n) is 4.67. The second kappa shape index (κ2) is 6.88. The molecule has 0 saturated carbocycles. The van der Waals surface area contributed by atoms with Crippen molar-refractivity contribution in [1.29, 1.82) is 0 Å².